The molecule has 20 heavy (non-hydrogen) atoms. The topological polar surface area (TPSA) is 40.1 Å². The molecule has 0 radical (unpaired) electrons. The number of ether oxygens (including phenoxy) is 1. The van der Waals surface area contributed by atoms with E-state index >= 15 is 0 Å². The standard InChI is InChI=1S/C15H30N4O/c1-13(2)18(4)9-7-17-14(16-3)19-8-5-15(11-19)6-10-20-12-15/h13H,5-12H2,1-4H3,(H,16,17). The van der Waals surface area contributed by atoms with E-state index in [1.165, 1.54) is 12.8 Å². The van der Waals surface area contributed by atoms with Gasteiger partial charge in [0.25, 0.3) is 0 Å². The molecule has 2 heterocycles. The number of aliphatic imine (C=N–C) groups is 1. The SMILES string of the molecule is CN=C(NCCN(C)C(C)C)N1CCC2(CCOC2)C1. The Labute approximate surface area is 123 Å². The van der Waals surface area contributed by atoms with Crippen molar-refractivity contribution < 1.29 is 4.74 Å². The Hall–Kier alpha value is -0.810. The van der Waals surface area contributed by atoms with Crippen molar-refractivity contribution in [1.29, 1.82) is 0 Å². The van der Waals surface area contributed by atoms with E-state index in [4.69, 9.17) is 4.74 Å². The van der Waals surface area contributed by atoms with Gasteiger partial charge in [-0.3, -0.25) is 4.99 Å². The highest BCUT2D eigenvalue weighted by atomic mass is 16.5. The van der Waals surface area contributed by atoms with Crippen LogP contribution in [-0.4, -0.2) is 75.3 Å². The fraction of sp³-hybridized carbons (Fsp3) is 0.933. The summed E-state index contributed by atoms with van der Waals surface area (Å²) < 4.78 is 5.59. The van der Waals surface area contributed by atoms with Crippen LogP contribution in [0.1, 0.15) is 26.7 Å². The minimum atomic E-state index is 0.395. The third kappa shape index (κ3) is 3.64. The van der Waals surface area contributed by atoms with E-state index in [9.17, 15) is 0 Å². The van der Waals surface area contributed by atoms with Gasteiger partial charge in [-0.05, 0) is 33.7 Å². The molecule has 2 rings (SSSR count). The van der Waals surface area contributed by atoms with Crippen molar-refractivity contribution >= 4 is 5.96 Å². The number of rotatable bonds is 4. The van der Waals surface area contributed by atoms with Crippen molar-refractivity contribution in [3.8, 4) is 0 Å². The molecule has 0 aromatic heterocycles. The molecule has 0 aromatic rings. The number of nitrogens with one attached hydrogen (secondary N) is 1. The molecule has 5 heteroatoms. The smallest absolute Gasteiger partial charge is 0.193 e. The van der Waals surface area contributed by atoms with E-state index in [-0.39, 0.29) is 0 Å². The molecular formula is C15H30N4O. The zero-order valence-corrected chi connectivity index (χ0v) is 13.5. The molecule has 1 spiro atoms. The summed E-state index contributed by atoms with van der Waals surface area (Å²) in [5.74, 6) is 1.05. The Kier molecular flexibility index (Phi) is 5.27. The lowest BCUT2D eigenvalue weighted by Gasteiger charge is -2.26. The van der Waals surface area contributed by atoms with Crippen LogP contribution in [0.5, 0.6) is 0 Å². The first-order chi connectivity index (χ1) is 9.56. The summed E-state index contributed by atoms with van der Waals surface area (Å²) in [6.07, 6.45) is 2.44. The average Bonchev–Trinajstić information content (AvgIpc) is 3.05. The van der Waals surface area contributed by atoms with Gasteiger partial charge in [-0.15, -0.1) is 0 Å². The molecule has 2 aliphatic heterocycles. The van der Waals surface area contributed by atoms with E-state index in [2.05, 4.69) is 41.0 Å². The Bertz CT molecular complexity index is 337. The van der Waals surface area contributed by atoms with Gasteiger partial charge in [0, 0.05) is 51.3 Å². The van der Waals surface area contributed by atoms with Gasteiger partial charge in [0.1, 0.15) is 0 Å². The number of guanidine groups is 1. The molecule has 1 unspecified atom stereocenters. The van der Waals surface area contributed by atoms with Crippen LogP contribution in [-0.2, 0) is 4.74 Å². The Morgan fingerprint density at radius 2 is 2.25 bits per heavy atom. The Balaban J connectivity index is 1.78. The van der Waals surface area contributed by atoms with E-state index in [1.807, 2.05) is 7.05 Å². The normalized spacial score (nSPS) is 27.3. The van der Waals surface area contributed by atoms with Gasteiger partial charge in [-0.2, -0.15) is 0 Å². The predicted octanol–water partition coefficient (Wildman–Crippen LogP) is 1.01. The van der Waals surface area contributed by atoms with Crippen LogP contribution in [0.15, 0.2) is 4.99 Å². The van der Waals surface area contributed by atoms with Gasteiger partial charge in [0.15, 0.2) is 5.96 Å². The first-order valence-electron chi connectivity index (χ1n) is 7.80. The van der Waals surface area contributed by atoms with Crippen molar-refractivity contribution in [2.45, 2.75) is 32.7 Å². The quantitative estimate of drug-likeness (QED) is 0.617. The highest BCUT2D eigenvalue weighted by Crippen LogP contribution is 2.38. The van der Waals surface area contributed by atoms with Crippen LogP contribution < -0.4 is 5.32 Å². The molecule has 2 fully saturated rings. The summed E-state index contributed by atoms with van der Waals surface area (Å²) in [4.78, 5) is 9.18. The lowest BCUT2D eigenvalue weighted by atomic mass is 9.87. The van der Waals surface area contributed by atoms with Gasteiger partial charge in [0.2, 0.25) is 0 Å². The van der Waals surface area contributed by atoms with Crippen molar-refractivity contribution in [1.82, 2.24) is 15.1 Å². The molecule has 0 saturated carbocycles. The van der Waals surface area contributed by atoms with Crippen LogP contribution >= 0.6 is 0 Å². The second-order valence-electron chi connectivity index (χ2n) is 6.52. The minimum absolute atomic E-state index is 0.395. The summed E-state index contributed by atoms with van der Waals surface area (Å²) in [6.45, 7) is 10.5. The molecule has 2 saturated heterocycles. The van der Waals surface area contributed by atoms with Crippen molar-refractivity contribution in [3.63, 3.8) is 0 Å². The highest BCUT2D eigenvalue weighted by Gasteiger charge is 2.42. The van der Waals surface area contributed by atoms with Gasteiger partial charge in [-0.1, -0.05) is 0 Å². The van der Waals surface area contributed by atoms with E-state index in [1.54, 1.807) is 0 Å². The largest absolute Gasteiger partial charge is 0.381 e. The molecular weight excluding hydrogens is 252 g/mol. The van der Waals surface area contributed by atoms with Gasteiger partial charge < -0.3 is 19.9 Å². The fourth-order valence-electron chi connectivity index (χ4n) is 3.02. The molecule has 1 N–H and O–H groups in total. The maximum absolute atomic E-state index is 5.59. The lowest BCUT2D eigenvalue weighted by Crippen LogP contribution is -2.44. The molecule has 0 aliphatic carbocycles. The molecule has 116 valence electrons. The summed E-state index contributed by atoms with van der Waals surface area (Å²) in [6, 6.07) is 0.588. The first kappa shape index (κ1) is 15.6. The van der Waals surface area contributed by atoms with E-state index in [0.717, 1.165) is 45.4 Å². The zero-order chi connectivity index (χ0) is 14.6. The number of nitrogens with zero attached hydrogens (tertiary/aromatic N) is 3. The van der Waals surface area contributed by atoms with Gasteiger partial charge in [-0.25, -0.2) is 0 Å². The van der Waals surface area contributed by atoms with Crippen LogP contribution in [0.4, 0.5) is 0 Å². The first-order valence-corrected chi connectivity index (χ1v) is 7.80. The third-order valence-corrected chi connectivity index (χ3v) is 4.76. The van der Waals surface area contributed by atoms with Crippen LogP contribution in [0.3, 0.4) is 0 Å². The Morgan fingerprint density at radius 3 is 2.85 bits per heavy atom. The second-order valence-corrected chi connectivity index (χ2v) is 6.52. The van der Waals surface area contributed by atoms with E-state index in [0.29, 0.717) is 11.5 Å². The van der Waals surface area contributed by atoms with E-state index < -0.39 is 0 Å². The summed E-state index contributed by atoms with van der Waals surface area (Å²) >= 11 is 0. The molecule has 5 nitrogen and oxygen atoms in total. The summed E-state index contributed by atoms with van der Waals surface area (Å²) in [5.41, 5.74) is 0.395. The van der Waals surface area contributed by atoms with Crippen molar-refractivity contribution in [2.75, 3.05) is 53.5 Å². The number of likely N-dealkylation sites (tertiary alicyclic amines) is 1. The molecule has 0 aromatic carbocycles. The molecule has 2 aliphatic rings. The van der Waals surface area contributed by atoms with Crippen molar-refractivity contribution in [3.05, 3.63) is 0 Å². The second kappa shape index (κ2) is 6.76. The maximum Gasteiger partial charge on any atom is 0.193 e. The van der Waals surface area contributed by atoms with Gasteiger partial charge in [0.05, 0.1) is 6.61 Å². The molecule has 0 amide bonds. The number of hydrogen-bond donors (Lipinski definition) is 1. The summed E-state index contributed by atoms with van der Waals surface area (Å²) in [5, 5.41) is 3.50. The van der Waals surface area contributed by atoms with Gasteiger partial charge >= 0.3 is 0 Å². The van der Waals surface area contributed by atoms with Crippen LogP contribution in [0.25, 0.3) is 0 Å². The van der Waals surface area contributed by atoms with Crippen molar-refractivity contribution in [2.24, 2.45) is 10.4 Å². The molecule has 1 atom stereocenters. The summed E-state index contributed by atoms with van der Waals surface area (Å²) in [7, 11) is 4.04. The number of likely N-dealkylation sites (N-methyl/N-ethyl adjacent to an activating group) is 1. The zero-order valence-electron chi connectivity index (χ0n) is 13.5. The average molecular weight is 282 g/mol. The highest BCUT2D eigenvalue weighted by molar-refractivity contribution is 5.80. The monoisotopic (exact) mass is 282 g/mol. The fourth-order valence-corrected chi connectivity index (χ4v) is 3.02. The Morgan fingerprint density at radius 1 is 1.45 bits per heavy atom. The number of hydrogen-bond acceptors (Lipinski definition) is 3. The third-order valence-electron chi connectivity index (χ3n) is 4.76. The van der Waals surface area contributed by atoms with Crippen LogP contribution in [0.2, 0.25) is 0 Å². The molecule has 0 bridgehead atoms. The minimum Gasteiger partial charge on any atom is -0.381 e. The lowest BCUT2D eigenvalue weighted by molar-refractivity contribution is 0.156. The predicted molar refractivity (Wildman–Crippen MR) is 83.2 cm³/mol. The van der Waals surface area contributed by atoms with Crippen LogP contribution in [0, 0.1) is 5.41 Å². The maximum atomic E-state index is 5.59.